The number of carbonyl (C=O) groups excluding carboxylic acids is 2. The van der Waals surface area contributed by atoms with E-state index < -0.39 is 17.9 Å². The molecule has 0 aromatic heterocycles. The van der Waals surface area contributed by atoms with Gasteiger partial charge in [-0.25, -0.2) is 0 Å². The zero-order chi connectivity index (χ0) is 12.8. The maximum Gasteiger partial charge on any atom is 0.258 e. The Hall–Kier alpha value is -2.04. The van der Waals surface area contributed by atoms with E-state index in [2.05, 4.69) is 5.32 Å². The second kappa shape index (κ2) is 5.89. The molecule has 0 heterocycles. The zero-order valence-corrected chi connectivity index (χ0v) is 9.73. The molecule has 0 aliphatic carbocycles. The lowest BCUT2D eigenvalue weighted by Gasteiger charge is -2.14. The van der Waals surface area contributed by atoms with Gasteiger partial charge in [0.05, 0.1) is 12.0 Å². The summed E-state index contributed by atoms with van der Waals surface area (Å²) >= 11 is 0. The van der Waals surface area contributed by atoms with Crippen LogP contribution in [-0.2, 0) is 9.59 Å². The third-order valence-electron chi connectivity index (χ3n) is 2.12. The molecule has 0 radical (unpaired) electrons. The number of aryl methyl sites for hydroxylation is 1. The number of amides is 1. The summed E-state index contributed by atoms with van der Waals surface area (Å²) in [6.45, 7) is 3.05. The number of benzene rings is 1. The lowest BCUT2D eigenvalue weighted by atomic mass is 10.2. The Labute approximate surface area is 99.4 Å². The number of hydrogen-bond donors (Lipinski definition) is 1. The predicted molar refractivity (Wildman–Crippen MR) is 59.3 cm³/mol. The number of aliphatic carboxylic acids is 1. The van der Waals surface area contributed by atoms with Crippen molar-refractivity contribution in [3.63, 3.8) is 0 Å². The van der Waals surface area contributed by atoms with Crippen molar-refractivity contribution in [1.29, 1.82) is 0 Å². The smallest absolute Gasteiger partial charge is 0.258 e. The lowest BCUT2D eigenvalue weighted by Crippen LogP contribution is -2.47. The van der Waals surface area contributed by atoms with Crippen LogP contribution in [0.25, 0.3) is 0 Å². The Balaban J connectivity index is 2.38. The number of nitrogens with one attached hydrogen (secondary N) is 1. The molecule has 1 amide bonds. The van der Waals surface area contributed by atoms with Crippen LogP contribution in [0.1, 0.15) is 12.5 Å². The average Bonchev–Trinajstić information content (AvgIpc) is 2.28. The molecule has 1 N–H and O–H groups in total. The summed E-state index contributed by atoms with van der Waals surface area (Å²) < 4.78 is 5.18. The summed E-state index contributed by atoms with van der Waals surface area (Å²) in [5.74, 6) is -1.26. The maximum atomic E-state index is 11.3. The summed E-state index contributed by atoms with van der Waals surface area (Å²) in [6, 6.07) is 6.17. The van der Waals surface area contributed by atoms with Crippen LogP contribution in [0.15, 0.2) is 24.3 Å². The van der Waals surface area contributed by atoms with E-state index in [4.69, 9.17) is 4.74 Å². The highest BCUT2D eigenvalue weighted by Gasteiger charge is 2.08. The maximum absolute atomic E-state index is 11.3. The zero-order valence-electron chi connectivity index (χ0n) is 9.73. The molecule has 17 heavy (non-hydrogen) atoms. The van der Waals surface area contributed by atoms with Crippen LogP contribution in [0, 0.1) is 6.92 Å². The summed E-state index contributed by atoms with van der Waals surface area (Å²) in [6.07, 6.45) is 0. The van der Waals surface area contributed by atoms with Gasteiger partial charge in [0.2, 0.25) is 0 Å². The minimum absolute atomic E-state index is 0.222. The van der Waals surface area contributed by atoms with Gasteiger partial charge in [-0.1, -0.05) is 17.7 Å². The van der Waals surface area contributed by atoms with Crippen LogP contribution in [-0.4, -0.2) is 24.5 Å². The molecule has 0 unspecified atom stereocenters. The van der Waals surface area contributed by atoms with Gasteiger partial charge >= 0.3 is 0 Å². The van der Waals surface area contributed by atoms with Crippen LogP contribution >= 0.6 is 0 Å². The summed E-state index contributed by atoms with van der Waals surface area (Å²) in [7, 11) is 0. The molecule has 92 valence electrons. The van der Waals surface area contributed by atoms with E-state index in [9.17, 15) is 14.7 Å². The first kappa shape index (κ1) is 13.0. The number of carboxylic acid groups (broad SMARTS) is 1. The molecule has 1 aromatic rings. The second-order valence-corrected chi connectivity index (χ2v) is 3.71. The average molecular weight is 236 g/mol. The van der Waals surface area contributed by atoms with E-state index in [0.29, 0.717) is 5.75 Å². The van der Waals surface area contributed by atoms with Gasteiger partial charge in [0.1, 0.15) is 5.75 Å². The Morgan fingerprint density at radius 2 is 1.94 bits per heavy atom. The fraction of sp³-hybridized carbons (Fsp3) is 0.333. The molecule has 1 aromatic carbocycles. The van der Waals surface area contributed by atoms with E-state index in [-0.39, 0.29) is 6.61 Å². The third kappa shape index (κ3) is 4.55. The second-order valence-electron chi connectivity index (χ2n) is 3.71. The Kier molecular flexibility index (Phi) is 4.51. The minimum atomic E-state index is -1.33. The van der Waals surface area contributed by atoms with Gasteiger partial charge in [-0.3, -0.25) is 4.79 Å². The molecular formula is C12H14NO4-. The molecule has 1 atom stereocenters. The molecule has 0 saturated heterocycles. The molecule has 0 saturated carbocycles. The van der Waals surface area contributed by atoms with Gasteiger partial charge in [0.15, 0.2) is 6.61 Å². The van der Waals surface area contributed by atoms with Crippen LogP contribution in [0.5, 0.6) is 5.75 Å². The first-order valence-electron chi connectivity index (χ1n) is 5.18. The SMILES string of the molecule is Cc1ccc(OCC(=O)N[C@@H](C)C(=O)[O-])cc1. The van der Waals surface area contributed by atoms with Crippen LogP contribution in [0.3, 0.4) is 0 Å². The fourth-order valence-corrected chi connectivity index (χ4v) is 1.13. The van der Waals surface area contributed by atoms with Crippen molar-refractivity contribution in [2.75, 3.05) is 6.61 Å². The van der Waals surface area contributed by atoms with Crippen molar-refractivity contribution in [3.05, 3.63) is 29.8 Å². The monoisotopic (exact) mass is 236 g/mol. The topological polar surface area (TPSA) is 78.5 Å². The van der Waals surface area contributed by atoms with Crippen molar-refractivity contribution in [2.24, 2.45) is 0 Å². The molecule has 5 nitrogen and oxygen atoms in total. The van der Waals surface area contributed by atoms with Crippen molar-refractivity contribution < 1.29 is 19.4 Å². The Bertz CT molecular complexity index is 399. The van der Waals surface area contributed by atoms with Gasteiger partial charge in [-0.15, -0.1) is 0 Å². The lowest BCUT2D eigenvalue weighted by molar-refractivity contribution is -0.307. The molecule has 0 aliphatic heterocycles. The van der Waals surface area contributed by atoms with Crippen molar-refractivity contribution in [3.8, 4) is 5.75 Å². The molecule has 1 rings (SSSR count). The van der Waals surface area contributed by atoms with Crippen molar-refractivity contribution in [2.45, 2.75) is 19.9 Å². The van der Waals surface area contributed by atoms with Crippen LogP contribution in [0.2, 0.25) is 0 Å². The first-order valence-corrected chi connectivity index (χ1v) is 5.18. The molecule has 0 fully saturated rings. The third-order valence-corrected chi connectivity index (χ3v) is 2.12. The Morgan fingerprint density at radius 1 is 1.35 bits per heavy atom. The first-order chi connectivity index (χ1) is 7.99. The highest BCUT2D eigenvalue weighted by molar-refractivity contribution is 5.83. The van der Waals surface area contributed by atoms with Gasteiger partial charge in [-0.2, -0.15) is 0 Å². The highest BCUT2D eigenvalue weighted by Crippen LogP contribution is 2.10. The van der Waals surface area contributed by atoms with E-state index in [1.807, 2.05) is 19.1 Å². The summed E-state index contributed by atoms with van der Waals surface area (Å²) in [5.41, 5.74) is 1.09. The number of carboxylic acids is 1. The van der Waals surface area contributed by atoms with E-state index in [0.717, 1.165) is 5.56 Å². The largest absolute Gasteiger partial charge is 0.548 e. The fourth-order valence-electron chi connectivity index (χ4n) is 1.13. The quantitative estimate of drug-likeness (QED) is 0.756. The van der Waals surface area contributed by atoms with Crippen molar-refractivity contribution >= 4 is 11.9 Å². The van der Waals surface area contributed by atoms with Crippen LogP contribution < -0.4 is 15.2 Å². The minimum Gasteiger partial charge on any atom is -0.548 e. The number of rotatable bonds is 5. The number of hydrogen-bond acceptors (Lipinski definition) is 4. The summed E-state index contributed by atoms with van der Waals surface area (Å²) in [5, 5.41) is 12.6. The normalized spacial score (nSPS) is 11.6. The van der Waals surface area contributed by atoms with E-state index in [1.165, 1.54) is 6.92 Å². The van der Waals surface area contributed by atoms with Gasteiger partial charge in [0, 0.05) is 0 Å². The van der Waals surface area contributed by atoms with Crippen LogP contribution in [0.4, 0.5) is 0 Å². The number of ether oxygens (including phenoxy) is 1. The summed E-state index contributed by atoms with van der Waals surface area (Å²) in [4.78, 5) is 21.7. The van der Waals surface area contributed by atoms with Gasteiger partial charge in [0.25, 0.3) is 5.91 Å². The Morgan fingerprint density at radius 3 is 2.47 bits per heavy atom. The number of carbonyl (C=O) groups is 2. The highest BCUT2D eigenvalue weighted by atomic mass is 16.5. The standard InChI is InChI=1S/C12H15NO4/c1-8-3-5-10(6-4-8)17-7-11(14)13-9(2)12(15)16/h3-6,9H,7H2,1-2H3,(H,13,14)(H,15,16)/p-1/t9-/m0/s1. The van der Waals surface area contributed by atoms with E-state index >= 15 is 0 Å². The molecular weight excluding hydrogens is 222 g/mol. The van der Waals surface area contributed by atoms with Gasteiger partial charge in [-0.05, 0) is 26.0 Å². The predicted octanol–water partition coefficient (Wildman–Crippen LogP) is -0.372. The van der Waals surface area contributed by atoms with Gasteiger partial charge < -0.3 is 20.0 Å². The molecule has 0 spiro atoms. The molecule has 5 heteroatoms. The van der Waals surface area contributed by atoms with E-state index in [1.54, 1.807) is 12.1 Å². The molecule has 0 aliphatic rings. The van der Waals surface area contributed by atoms with Crippen molar-refractivity contribution in [1.82, 2.24) is 5.32 Å². The molecule has 0 bridgehead atoms.